The van der Waals surface area contributed by atoms with Crippen molar-refractivity contribution >= 4 is 17.8 Å². The Morgan fingerprint density at radius 3 is 2.56 bits per heavy atom. The normalized spacial score (nSPS) is 10.1. The maximum Gasteiger partial charge on any atom is 0.303 e. The second-order valence-electron chi connectivity index (χ2n) is 3.58. The van der Waals surface area contributed by atoms with Gasteiger partial charge in [-0.2, -0.15) is 0 Å². The zero-order valence-corrected chi connectivity index (χ0v) is 9.40. The number of carbonyl (C=O) groups is 2. The maximum atomic E-state index is 11.6. The number of aliphatic carboxylic acids is 1. The Morgan fingerprint density at radius 2 is 2.06 bits per heavy atom. The smallest absolute Gasteiger partial charge is 0.303 e. The Kier molecular flexibility index (Phi) is 4.10. The first-order valence-corrected chi connectivity index (χ1v) is 5.05. The molecule has 88 valence electrons. The highest BCUT2D eigenvalue weighted by molar-refractivity contribution is 5.91. The minimum atomic E-state index is -0.885. The first-order chi connectivity index (χ1) is 7.50. The minimum Gasteiger partial charge on any atom is -0.481 e. The Hall–Kier alpha value is -1.78. The molecule has 1 amide bonds. The highest BCUT2D eigenvalue weighted by atomic mass is 16.4. The fourth-order valence-electron chi connectivity index (χ4n) is 1.28. The van der Waals surface area contributed by atoms with Crippen LogP contribution in [0.2, 0.25) is 0 Å². The summed E-state index contributed by atoms with van der Waals surface area (Å²) in [5, 5.41) is 8.44. The summed E-state index contributed by atoms with van der Waals surface area (Å²) in [4.78, 5) is 23.3. The average Bonchev–Trinajstić information content (AvgIpc) is 2.63. The fourth-order valence-corrected chi connectivity index (χ4v) is 1.28. The van der Waals surface area contributed by atoms with E-state index >= 15 is 0 Å². The summed E-state index contributed by atoms with van der Waals surface area (Å²) in [5.74, 6) is 0.193. The van der Waals surface area contributed by atoms with Crippen LogP contribution in [0.4, 0.5) is 5.88 Å². The molecular formula is C11H15NO4. The van der Waals surface area contributed by atoms with Crippen molar-refractivity contribution in [2.24, 2.45) is 0 Å². The van der Waals surface area contributed by atoms with E-state index in [0.717, 1.165) is 5.76 Å². The van der Waals surface area contributed by atoms with Crippen molar-refractivity contribution in [2.45, 2.75) is 26.2 Å². The van der Waals surface area contributed by atoms with E-state index in [4.69, 9.17) is 9.52 Å². The number of furan rings is 1. The summed E-state index contributed by atoms with van der Waals surface area (Å²) >= 11 is 0. The molecule has 0 radical (unpaired) electrons. The number of rotatable bonds is 5. The first-order valence-electron chi connectivity index (χ1n) is 5.05. The monoisotopic (exact) mass is 225 g/mol. The zero-order chi connectivity index (χ0) is 12.1. The van der Waals surface area contributed by atoms with Gasteiger partial charge in [-0.25, -0.2) is 0 Å². The van der Waals surface area contributed by atoms with Gasteiger partial charge in [-0.15, -0.1) is 0 Å². The summed E-state index contributed by atoms with van der Waals surface area (Å²) in [7, 11) is 1.61. The topological polar surface area (TPSA) is 70.8 Å². The molecule has 0 saturated carbocycles. The van der Waals surface area contributed by atoms with Crippen LogP contribution >= 0.6 is 0 Å². The molecule has 5 nitrogen and oxygen atoms in total. The number of hydrogen-bond donors (Lipinski definition) is 1. The highest BCUT2D eigenvalue weighted by Gasteiger charge is 2.13. The van der Waals surface area contributed by atoms with Crippen LogP contribution in [0, 0.1) is 6.92 Å². The van der Waals surface area contributed by atoms with Crippen molar-refractivity contribution in [2.75, 3.05) is 11.9 Å². The predicted octanol–water partition coefficient (Wildman–Crippen LogP) is 1.81. The second-order valence-corrected chi connectivity index (χ2v) is 3.58. The third-order valence-electron chi connectivity index (χ3n) is 2.21. The van der Waals surface area contributed by atoms with Crippen LogP contribution in [0.5, 0.6) is 0 Å². The van der Waals surface area contributed by atoms with Gasteiger partial charge in [-0.3, -0.25) is 14.5 Å². The molecule has 1 rings (SSSR count). The van der Waals surface area contributed by atoms with Gasteiger partial charge in [-0.1, -0.05) is 0 Å². The van der Waals surface area contributed by atoms with E-state index in [-0.39, 0.29) is 18.7 Å². The lowest BCUT2D eigenvalue weighted by molar-refractivity contribution is -0.137. The zero-order valence-electron chi connectivity index (χ0n) is 9.40. The van der Waals surface area contributed by atoms with Gasteiger partial charge in [0.05, 0.1) is 0 Å². The van der Waals surface area contributed by atoms with Gasteiger partial charge in [0.25, 0.3) is 0 Å². The number of anilines is 1. The second kappa shape index (κ2) is 5.34. The van der Waals surface area contributed by atoms with Gasteiger partial charge in [0, 0.05) is 26.0 Å². The lowest BCUT2D eigenvalue weighted by Crippen LogP contribution is -2.25. The van der Waals surface area contributed by atoms with E-state index in [1.165, 1.54) is 4.90 Å². The average molecular weight is 225 g/mol. The lowest BCUT2D eigenvalue weighted by Gasteiger charge is -2.13. The molecule has 0 fully saturated rings. The molecule has 0 aliphatic carbocycles. The van der Waals surface area contributed by atoms with Crippen LogP contribution in [0.15, 0.2) is 16.5 Å². The minimum absolute atomic E-state index is 0.0107. The van der Waals surface area contributed by atoms with E-state index in [0.29, 0.717) is 12.3 Å². The fraction of sp³-hybridized carbons (Fsp3) is 0.455. The van der Waals surface area contributed by atoms with Gasteiger partial charge in [0.15, 0.2) is 0 Å². The molecule has 0 spiro atoms. The Bertz CT molecular complexity index is 383. The first kappa shape index (κ1) is 12.3. The molecule has 0 saturated heterocycles. The Balaban J connectivity index is 2.45. The van der Waals surface area contributed by atoms with Crippen LogP contribution in [-0.4, -0.2) is 24.0 Å². The molecule has 0 aliphatic rings. The number of carboxylic acid groups (broad SMARTS) is 1. The summed E-state index contributed by atoms with van der Waals surface area (Å²) in [6, 6.07) is 3.49. The number of carboxylic acids is 1. The van der Waals surface area contributed by atoms with Crippen molar-refractivity contribution in [3.63, 3.8) is 0 Å². The summed E-state index contributed by atoms with van der Waals surface area (Å²) in [6.07, 6.45) is 0.567. The molecule has 16 heavy (non-hydrogen) atoms. The molecule has 1 aromatic rings. The standard InChI is InChI=1S/C11H15NO4/c1-8-6-7-10(16-8)12(2)9(13)4-3-5-11(14)15/h6-7H,3-5H2,1-2H3,(H,14,15). The van der Waals surface area contributed by atoms with Crippen molar-refractivity contribution in [1.82, 2.24) is 0 Å². The van der Waals surface area contributed by atoms with Gasteiger partial charge >= 0.3 is 5.97 Å². The summed E-state index contributed by atoms with van der Waals surface area (Å²) in [5.41, 5.74) is 0. The van der Waals surface area contributed by atoms with E-state index in [2.05, 4.69) is 0 Å². The van der Waals surface area contributed by atoms with Gasteiger partial charge in [-0.05, 0) is 19.4 Å². The van der Waals surface area contributed by atoms with Crippen LogP contribution in [0.1, 0.15) is 25.0 Å². The van der Waals surface area contributed by atoms with Crippen LogP contribution in [0.25, 0.3) is 0 Å². The van der Waals surface area contributed by atoms with Crippen LogP contribution in [0.3, 0.4) is 0 Å². The molecule has 0 bridgehead atoms. The van der Waals surface area contributed by atoms with E-state index in [1.807, 2.05) is 0 Å². The van der Waals surface area contributed by atoms with Gasteiger partial charge in [0.2, 0.25) is 11.8 Å². The number of carbonyl (C=O) groups excluding carboxylic acids is 1. The van der Waals surface area contributed by atoms with E-state index in [9.17, 15) is 9.59 Å². The molecular weight excluding hydrogens is 210 g/mol. The van der Waals surface area contributed by atoms with Crippen molar-refractivity contribution < 1.29 is 19.1 Å². The number of nitrogens with zero attached hydrogens (tertiary/aromatic N) is 1. The number of aryl methyl sites for hydroxylation is 1. The van der Waals surface area contributed by atoms with Crippen molar-refractivity contribution in [3.05, 3.63) is 17.9 Å². The number of amides is 1. The molecule has 5 heteroatoms. The molecule has 1 N–H and O–H groups in total. The van der Waals surface area contributed by atoms with Crippen LogP contribution in [-0.2, 0) is 9.59 Å². The van der Waals surface area contributed by atoms with Gasteiger partial charge < -0.3 is 9.52 Å². The molecule has 0 aromatic carbocycles. The Morgan fingerprint density at radius 1 is 1.38 bits per heavy atom. The summed E-state index contributed by atoms with van der Waals surface area (Å²) < 4.78 is 5.28. The molecule has 0 unspecified atom stereocenters. The van der Waals surface area contributed by atoms with Crippen molar-refractivity contribution in [1.29, 1.82) is 0 Å². The molecule has 1 aromatic heterocycles. The molecule has 0 aliphatic heterocycles. The summed E-state index contributed by atoms with van der Waals surface area (Å²) in [6.45, 7) is 1.80. The van der Waals surface area contributed by atoms with Crippen molar-refractivity contribution in [3.8, 4) is 0 Å². The third-order valence-corrected chi connectivity index (χ3v) is 2.21. The van der Waals surface area contributed by atoms with Crippen LogP contribution < -0.4 is 4.90 Å². The number of hydrogen-bond acceptors (Lipinski definition) is 3. The largest absolute Gasteiger partial charge is 0.481 e. The highest BCUT2D eigenvalue weighted by Crippen LogP contribution is 2.17. The molecule has 1 heterocycles. The third kappa shape index (κ3) is 3.42. The molecule has 0 atom stereocenters. The van der Waals surface area contributed by atoms with E-state index < -0.39 is 5.97 Å². The van der Waals surface area contributed by atoms with E-state index in [1.54, 1.807) is 26.1 Å². The predicted molar refractivity (Wildman–Crippen MR) is 58.3 cm³/mol. The Labute approximate surface area is 93.7 Å². The van der Waals surface area contributed by atoms with Gasteiger partial charge in [0.1, 0.15) is 5.76 Å². The quantitative estimate of drug-likeness (QED) is 0.829. The SMILES string of the molecule is Cc1ccc(N(C)C(=O)CCCC(=O)O)o1. The maximum absolute atomic E-state index is 11.6. The lowest BCUT2D eigenvalue weighted by atomic mass is 10.2.